The predicted octanol–water partition coefficient (Wildman–Crippen LogP) is 9.51. The van der Waals surface area contributed by atoms with Gasteiger partial charge in [0.05, 0.1) is 14.0 Å². The van der Waals surface area contributed by atoms with Crippen LogP contribution in [0.5, 0.6) is 29.0 Å². The number of quaternary nitrogens is 1. The van der Waals surface area contributed by atoms with Crippen molar-refractivity contribution in [2.45, 2.75) is 13.5 Å². The van der Waals surface area contributed by atoms with Gasteiger partial charge < -0.3 is 14.2 Å². The fourth-order valence-corrected chi connectivity index (χ4v) is 5.26. The van der Waals surface area contributed by atoms with E-state index < -0.39 is 10.3 Å². The predicted molar refractivity (Wildman–Crippen MR) is 173 cm³/mol. The Morgan fingerprint density at radius 3 is 1.81 bits per heavy atom. The molecule has 0 spiro atoms. The van der Waals surface area contributed by atoms with Crippen molar-refractivity contribution in [1.82, 2.24) is 14.5 Å². The lowest BCUT2D eigenvalue weighted by Crippen LogP contribution is -2.48. The van der Waals surface area contributed by atoms with Crippen LogP contribution in [0.3, 0.4) is 0 Å². The summed E-state index contributed by atoms with van der Waals surface area (Å²) in [7, 11) is 1.56. The summed E-state index contributed by atoms with van der Waals surface area (Å²) < 4.78 is 32.3. The Kier molecular flexibility index (Phi) is 9.46. The van der Waals surface area contributed by atoms with Gasteiger partial charge in [0.15, 0.2) is 0 Å². The van der Waals surface area contributed by atoms with E-state index in [1.807, 2.05) is 36.4 Å². The van der Waals surface area contributed by atoms with Crippen molar-refractivity contribution >= 4 is 63.1 Å². The van der Waals surface area contributed by atoms with Crippen molar-refractivity contribution in [3.63, 3.8) is 0 Å². The van der Waals surface area contributed by atoms with Gasteiger partial charge in [-0.25, -0.2) is 9.18 Å². The zero-order valence-electron chi connectivity index (χ0n) is 22.9. The van der Waals surface area contributed by atoms with E-state index in [0.717, 1.165) is 3.57 Å². The minimum atomic E-state index is -0.509. The summed E-state index contributed by atoms with van der Waals surface area (Å²) in [5.41, 5.74) is 1.39. The molecule has 11 heteroatoms. The second kappa shape index (κ2) is 13.3. The molecular formula is C32H24Cl2FIN3O4+. The Labute approximate surface area is 271 Å². The number of carbonyl (C=O) groups is 1. The maximum Gasteiger partial charge on any atom is 0.321 e. The van der Waals surface area contributed by atoms with Gasteiger partial charge in [0.1, 0.15) is 39.9 Å². The Bertz CT molecular complexity index is 1680. The van der Waals surface area contributed by atoms with E-state index in [2.05, 4.69) is 32.6 Å². The third kappa shape index (κ3) is 6.75. The van der Waals surface area contributed by atoms with Crippen molar-refractivity contribution < 1.29 is 23.4 Å². The van der Waals surface area contributed by atoms with E-state index in [0.29, 0.717) is 34.2 Å². The number of halogens is 4. The molecule has 7 nitrogen and oxygen atoms in total. The zero-order valence-corrected chi connectivity index (χ0v) is 26.6. The maximum atomic E-state index is 14.2. The fraction of sp³-hybridized carbons (Fsp3) is 0.0938. The smallest absolute Gasteiger partial charge is 0.321 e. The molecule has 1 unspecified atom stereocenters. The molecule has 0 aliphatic carbocycles. The summed E-state index contributed by atoms with van der Waals surface area (Å²) in [4.78, 5) is 23.1. The Balaban J connectivity index is 1.79. The number of nitrogens with zero attached hydrogens (tertiary/aromatic N) is 3. The number of aromatic nitrogens is 2. The molecule has 3 aromatic carbocycles. The van der Waals surface area contributed by atoms with Crippen molar-refractivity contribution in [1.29, 1.82) is 0 Å². The lowest BCUT2D eigenvalue weighted by atomic mass is 10.1. The fourth-order valence-electron chi connectivity index (χ4n) is 4.62. The summed E-state index contributed by atoms with van der Waals surface area (Å²) >= 11 is 14.9. The molecule has 0 radical (unpaired) electrons. The summed E-state index contributed by atoms with van der Waals surface area (Å²) in [5.74, 6) is 0.724. The highest BCUT2D eigenvalue weighted by atomic mass is 127. The number of benzene rings is 3. The minimum absolute atomic E-state index is 0.0272. The number of carbonyl (C=O) groups excluding carboxylic acids is 1. The molecule has 0 saturated carbocycles. The van der Waals surface area contributed by atoms with E-state index in [9.17, 15) is 9.18 Å². The SMILES string of the molecule is COc1ccccc1C[N+](C(C)=O)(c1ccc(Cl)nc1Oc1ccc(F)cc1)c1ccc(Cl)nc1Oc1ccc(I)cc1. The third-order valence-electron chi connectivity index (χ3n) is 6.63. The molecule has 43 heavy (non-hydrogen) atoms. The number of ether oxygens (including phenoxy) is 3. The minimum Gasteiger partial charge on any atom is -0.496 e. The largest absolute Gasteiger partial charge is 0.496 e. The van der Waals surface area contributed by atoms with Crippen molar-refractivity contribution in [2.24, 2.45) is 0 Å². The molecule has 5 rings (SSSR count). The molecule has 0 bridgehead atoms. The standard InChI is InChI=1S/C32H24Cl2FIN3O4/c1-20(40)39(19-21-5-3-4-6-28(21)41-2,26-15-17-29(33)37-31(26)42-24-11-7-22(35)8-12-24)27-16-18-30(34)38-32(27)43-25-13-9-23(36)10-14-25/h3-18H,19H2,1-2H3/q+1. The highest BCUT2D eigenvalue weighted by Crippen LogP contribution is 2.49. The topological polar surface area (TPSA) is 70.5 Å². The van der Waals surface area contributed by atoms with Crippen LogP contribution in [-0.2, 0) is 11.3 Å². The van der Waals surface area contributed by atoms with Crippen LogP contribution in [0.15, 0.2) is 97.1 Å². The first-order valence-electron chi connectivity index (χ1n) is 12.9. The summed E-state index contributed by atoms with van der Waals surface area (Å²) in [6.45, 7) is 1.50. The van der Waals surface area contributed by atoms with Gasteiger partial charge in [0.2, 0.25) is 11.4 Å². The van der Waals surface area contributed by atoms with E-state index in [1.54, 1.807) is 43.5 Å². The van der Waals surface area contributed by atoms with Crippen LogP contribution in [0.4, 0.5) is 15.8 Å². The van der Waals surface area contributed by atoms with Crippen LogP contribution in [0.1, 0.15) is 12.5 Å². The average Bonchev–Trinajstić information content (AvgIpc) is 2.99. The van der Waals surface area contributed by atoms with Crippen molar-refractivity contribution in [3.8, 4) is 29.0 Å². The molecule has 1 amide bonds. The van der Waals surface area contributed by atoms with E-state index >= 15 is 0 Å². The molecule has 5 aromatic rings. The van der Waals surface area contributed by atoms with E-state index in [4.69, 9.17) is 37.4 Å². The van der Waals surface area contributed by atoms with Crippen LogP contribution >= 0.6 is 45.8 Å². The first-order chi connectivity index (χ1) is 20.7. The average molecular weight is 731 g/mol. The van der Waals surface area contributed by atoms with Crippen LogP contribution in [0.25, 0.3) is 0 Å². The number of hydrogen-bond acceptors (Lipinski definition) is 6. The lowest BCUT2D eigenvalue weighted by molar-refractivity contribution is -0.125. The quantitative estimate of drug-likeness (QED) is 0.0855. The van der Waals surface area contributed by atoms with Gasteiger partial charge in [-0.05, 0) is 95.4 Å². The van der Waals surface area contributed by atoms with Crippen LogP contribution in [-0.4, -0.2) is 23.0 Å². The lowest BCUT2D eigenvalue weighted by Gasteiger charge is -2.35. The Hall–Kier alpha value is -3.77. The molecule has 1 atom stereocenters. The van der Waals surface area contributed by atoms with Gasteiger partial charge in [-0.2, -0.15) is 14.5 Å². The molecule has 0 aliphatic heterocycles. The number of methoxy groups -OCH3 is 1. The van der Waals surface area contributed by atoms with Gasteiger partial charge >= 0.3 is 5.91 Å². The van der Waals surface area contributed by atoms with Crippen molar-refractivity contribution in [2.75, 3.05) is 7.11 Å². The van der Waals surface area contributed by atoms with E-state index in [1.165, 1.54) is 31.2 Å². The number of rotatable bonds is 9. The number of hydrogen-bond donors (Lipinski definition) is 0. The van der Waals surface area contributed by atoms with Gasteiger partial charge in [-0.1, -0.05) is 35.3 Å². The Morgan fingerprint density at radius 2 is 1.30 bits per heavy atom. The third-order valence-corrected chi connectivity index (χ3v) is 7.77. The van der Waals surface area contributed by atoms with Gasteiger partial charge in [-0.3, -0.25) is 0 Å². The summed E-state index contributed by atoms with van der Waals surface area (Å²) in [5, 5.41) is 0.296. The molecule has 2 aromatic heterocycles. The highest BCUT2D eigenvalue weighted by molar-refractivity contribution is 14.1. The molecule has 0 fully saturated rings. The van der Waals surface area contributed by atoms with Crippen LogP contribution in [0, 0.1) is 9.39 Å². The Morgan fingerprint density at radius 1 is 0.791 bits per heavy atom. The molecule has 0 aliphatic rings. The summed E-state index contributed by atoms with van der Waals surface area (Å²) in [6, 6.07) is 26.7. The van der Waals surface area contributed by atoms with Gasteiger partial charge in [0.25, 0.3) is 11.8 Å². The normalized spacial score (nSPS) is 12.3. The van der Waals surface area contributed by atoms with Crippen LogP contribution in [0.2, 0.25) is 10.3 Å². The first-order valence-corrected chi connectivity index (χ1v) is 14.8. The second-order valence-corrected chi connectivity index (χ2v) is 11.3. The maximum absolute atomic E-state index is 14.2. The summed E-state index contributed by atoms with van der Waals surface area (Å²) in [6.07, 6.45) is 0. The molecule has 0 N–H and O–H groups in total. The van der Waals surface area contributed by atoms with Gasteiger partial charge in [0, 0.05) is 21.3 Å². The molecule has 218 valence electrons. The highest BCUT2D eigenvalue weighted by Gasteiger charge is 2.46. The van der Waals surface area contributed by atoms with Crippen LogP contribution < -0.4 is 18.7 Å². The number of pyridine rings is 2. The zero-order chi connectivity index (χ0) is 30.6. The van der Waals surface area contributed by atoms with Crippen molar-refractivity contribution in [3.05, 3.63) is 122 Å². The molecule has 2 heterocycles. The number of amides is 1. The van der Waals surface area contributed by atoms with E-state index in [-0.39, 0.29) is 34.5 Å². The number of para-hydroxylation sites is 1. The molecule has 0 saturated heterocycles. The second-order valence-electron chi connectivity index (χ2n) is 9.33. The first kappa shape index (κ1) is 30.7. The van der Waals surface area contributed by atoms with Gasteiger partial charge in [-0.15, -0.1) is 0 Å². The monoisotopic (exact) mass is 730 g/mol. The molecular weight excluding hydrogens is 707 g/mol.